The van der Waals surface area contributed by atoms with Crippen LogP contribution in [0.3, 0.4) is 0 Å². The number of likely N-dealkylation sites (tertiary alicyclic amines) is 1. The number of hydrogen-bond donors (Lipinski definition) is 1. The first kappa shape index (κ1) is 16.0. The van der Waals surface area contributed by atoms with E-state index in [4.69, 9.17) is 0 Å². The number of carboxylic acid groups (broad SMARTS) is 1. The van der Waals surface area contributed by atoms with E-state index in [0.29, 0.717) is 18.9 Å². The average molecular weight is 294 g/mol. The molecule has 3 atom stereocenters. The van der Waals surface area contributed by atoms with Crippen LogP contribution in [-0.4, -0.2) is 59.0 Å². The molecule has 5 heteroatoms. The fourth-order valence-electron chi connectivity index (χ4n) is 3.57. The van der Waals surface area contributed by atoms with Gasteiger partial charge in [-0.3, -0.25) is 14.5 Å². The van der Waals surface area contributed by atoms with Crippen LogP contribution >= 0.6 is 0 Å². The Morgan fingerprint density at radius 3 is 2.38 bits per heavy atom. The second-order valence-corrected chi connectivity index (χ2v) is 5.94. The Bertz CT molecular complexity index is 418. The molecule has 0 spiro atoms. The van der Waals surface area contributed by atoms with E-state index in [1.807, 2.05) is 17.1 Å². The van der Waals surface area contributed by atoms with Gasteiger partial charge in [0.1, 0.15) is 0 Å². The molecule has 118 valence electrons. The van der Waals surface area contributed by atoms with Crippen LogP contribution in [-0.2, 0) is 9.59 Å². The lowest BCUT2D eigenvalue weighted by Gasteiger charge is -2.30. The van der Waals surface area contributed by atoms with Crippen molar-refractivity contribution in [1.82, 2.24) is 9.80 Å². The second-order valence-electron chi connectivity index (χ2n) is 5.94. The molecule has 1 saturated heterocycles. The third kappa shape index (κ3) is 3.46. The molecule has 0 saturated carbocycles. The number of allylic oxidation sites excluding steroid dienone is 2. The Morgan fingerprint density at radius 2 is 1.81 bits per heavy atom. The van der Waals surface area contributed by atoms with Crippen LogP contribution in [0.15, 0.2) is 12.2 Å². The first-order chi connectivity index (χ1) is 10.1. The highest BCUT2D eigenvalue weighted by atomic mass is 16.4. The average Bonchev–Trinajstić information content (AvgIpc) is 2.97. The molecule has 1 N–H and O–H groups in total. The molecule has 21 heavy (non-hydrogen) atoms. The summed E-state index contributed by atoms with van der Waals surface area (Å²) >= 11 is 0. The molecule has 0 aromatic carbocycles. The van der Waals surface area contributed by atoms with Crippen LogP contribution in [0.5, 0.6) is 0 Å². The topological polar surface area (TPSA) is 60.9 Å². The lowest BCUT2D eigenvalue weighted by Crippen LogP contribution is -2.43. The van der Waals surface area contributed by atoms with Crippen molar-refractivity contribution in [2.45, 2.75) is 39.2 Å². The number of amides is 1. The molecule has 2 aliphatic rings. The highest BCUT2D eigenvalue weighted by Gasteiger charge is 2.39. The number of likely N-dealkylation sites (N-methyl/N-ethyl adjacent to an activating group) is 1. The van der Waals surface area contributed by atoms with Gasteiger partial charge in [-0.1, -0.05) is 26.0 Å². The molecule has 1 heterocycles. The van der Waals surface area contributed by atoms with E-state index in [1.165, 1.54) is 0 Å². The normalized spacial score (nSPS) is 29.1. The predicted octanol–water partition coefficient (Wildman–Crippen LogP) is 1.60. The molecule has 2 rings (SSSR count). The highest BCUT2D eigenvalue weighted by Crippen LogP contribution is 2.29. The zero-order chi connectivity index (χ0) is 15.4. The van der Waals surface area contributed by atoms with Crippen molar-refractivity contribution in [1.29, 1.82) is 0 Å². The lowest BCUT2D eigenvalue weighted by atomic mass is 9.82. The van der Waals surface area contributed by atoms with E-state index in [0.717, 1.165) is 32.6 Å². The third-order valence-corrected chi connectivity index (χ3v) is 4.87. The standard InChI is InChI=1S/C16H26N2O3/c1-3-17(4-2)12-9-10-18(11-12)15(19)13-7-5-6-8-14(13)16(20)21/h5-6,12-14H,3-4,7-11H2,1-2H3,(H,20,21)/t12?,13-,14+/m1/s1. The molecule has 1 fully saturated rings. The fraction of sp³-hybridized carbons (Fsp3) is 0.750. The maximum absolute atomic E-state index is 12.7. The van der Waals surface area contributed by atoms with Crippen LogP contribution in [0.4, 0.5) is 0 Å². The maximum atomic E-state index is 12.7. The molecule has 1 unspecified atom stereocenters. The summed E-state index contributed by atoms with van der Waals surface area (Å²) in [5.74, 6) is -1.77. The molecule has 1 aliphatic carbocycles. The molecular formula is C16H26N2O3. The summed E-state index contributed by atoms with van der Waals surface area (Å²) in [6.45, 7) is 7.76. The summed E-state index contributed by atoms with van der Waals surface area (Å²) in [7, 11) is 0. The van der Waals surface area contributed by atoms with Crippen LogP contribution in [0, 0.1) is 11.8 Å². The first-order valence-corrected chi connectivity index (χ1v) is 7.99. The minimum absolute atomic E-state index is 0.0291. The first-order valence-electron chi connectivity index (χ1n) is 7.99. The van der Waals surface area contributed by atoms with Gasteiger partial charge >= 0.3 is 5.97 Å². The second kappa shape index (κ2) is 7.07. The summed E-state index contributed by atoms with van der Waals surface area (Å²) in [6, 6.07) is 0.423. The van der Waals surface area contributed by atoms with E-state index < -0.39 is 11.9 Å². The van der Waals surface area contributed by atoms with E-state index >= 15 is 0 Å². The number of carbonyl (C=O) groups is 2. The Labute approximate surface area is 126 Å². The quantitative estimate of drug-likeness (QED) is 0.782. The van der Waals surface area contributed by atoms with Crippen molar-refractivity contribution in [3.05, 3.63) is 12.2 Å². The molecule has 0 radical (unpaired) electrons. The van der Waals surface area contributed by atoms with Crippen LogP contribution in [0.25, 0.3) is 0 Å². The van der Waals surface area contributed by atoms with E-state index in [2.05, 4.69) is 18.7 Å². The number of hydrogen-bond acceptors (Lipinski definition) is 3. The third-order valence-electron chi connectivity index (χ3n) is 4.87. The van der Waals surface area contributed by atoms with Gasteiger partial charge in [0.15, 0.2) is 0 Å². The van der Waals surface area contributed by atoms with Crippen molar-refractivity contribution >= 4 is 11.9 Å². The summed E-state index contributed by atoms with van der Waals surface area (Å²) in [5, 5.41) is 9.30. The van der Waals surface area contributed by atoms with Gasteiger partial charge in [0.2, 0.25) is 5.91 Å². The fourth-order valence-corrected chi connectivity index (χ4v) is 3.57. The van der Waals surface area contributed by atoms with Gasteiger partial charge in [0, 0.05) is 19.1 Å². The van der Waals surface area contributed by atoms with Crippen molar-refractivity contribution in [3.8, 4) is 0 Å². The van der Waals surface area contributed by atoms with Gasteiger partial charge in [0.05, 0.1) is 11.8 Å². The molecule has 0 aromatic heterocycles. The highest BCUT2D eigenvalue weighted by molar-refractivity contribution is 5.85. The summed E-state index contributed by atoms with van der Waals surface area (Å²) in [4.78, 5) is 28.3. The lowest BCUT2D eigenvalue weighted by molar-refractivity contribution is -0.150. The van der Waals surface area contributed by atoms with Gasteiger partial charge in [0.25, 0.3) is 0 Å². The minimum atomic E-state index is -0.850. The summed E-state index contributed by atoms with van der Waals surface area (Å²) < 4.78 is 0. The zero-order valence-corrected chi connectivity index (χ0v) is 13.0. The number of aliphatic carboxylic acids is 1. The smallest absolute Gasteiger partial charge is 0.307 e. The molecule has 1 aliphatic heterocycles. The van der Waals surface area contributed by atoms with Crippen LogP contribution in [0.2, 0.25) is 0 Å². The SMILES string of the molecule is CCN(CC)C1CCN(C(=O)[C@@H]2CC=CC[C@@H]2C(=O)O)C1. The number of carboxylic acids is 1. The van der Waals surface area contributed by atoms with E-state index in [9.17, 15) is 14.7 Å². The Hall–Kier alpha value is -1.36. The van der Waals surface area contributed by atoms with Crippen molar-refractivity contribution in [2.24, 2.45) is 11.8 Å². The molecule has 1 amide bonds. The van der Waals surface area contributed by atoms with Crippen LogP contribution < -0.4 is 0 Å². The largest absolute Gasteiger partial charge is 0.481 e. The van der Waals surface area contributed by atoms with E-state index in [1.54, 1.807) is 0 Å². The van der Waals surface area contributed by atoms with Crippen molar-refractivity contribution in [3.63, 3.8) is 0 Å². The molecule has 0 bridgehead atoms. The Kier molecular flexibility index (Phi) is 5.39. The minimum Gasteiger partial charge on any atom is -0.481 e. The van der Waals surface area contributed by atoms with Gasteiger partial charge in [-0.25, -0.2) is 0 Å². The summed E-state index contributed by atoms with van der Waals surface area (Å²) in [5.41, 5.74) is 0. The zero-order valence-electron chi connectivity index (χ0n) is 13.0. The van der Waals surface area contributed by atoms with Crippen molar-refractivity contribution < 1.29 is 14.7 Å². The number of carbonyl (C=O) groups excluding carboxylic acids is 1. The van der Waals surface area contributed by atoms with E-state index in [-0.39, 0.29) is 11.8 Å². The molecular weight excluding hydrogens is 268 g/mol. The predicted molar refractivity (Wildman–Crippen MR) is 80.9 cm³/mol. The van der Waals surface area contributed by atoms with Crippen molar-refractivity contribution in [2.75, 3.05) is 26.2 Å². The number of nitrogens with zero attached hydrogens (tertiary/aromatic N) is 2. The van der Waals surface area contributed by atoms with Gasteiger partial charge in [-0.15, -0.1) is 0 Å². The van der Waals surface area contributed by atoms with Gasteiger partial charge in [-0.2, -0.15) is 0 Å². The van der Waals surface area contributed by atoms with Gasteiger partial charge < -0.3 is 10.0 Å². The molecule has 5 nitrogen and oxygen atoms in total. The van der Waals surface area contributed by atoms with Crippen LogP contribution in [0.1, 0.15) is 33.1 Å². The Balaban J connectivity index is 2.00. The number of rotatable bonds is 5. The van der Waals surface area contributed by atoms with Gasteiger partial charge in [-0.05, 0) is 32.4 Å². The Morgan fingerprint density at radius 1 is 1.19 bits per heavy atom. The summed E-state index contributed by atoms with van der Waals surface area (Å²) in [6.07, 6.45) is 5.85. The monoisotopic (exact) mass is 294 g/mol. The maximum Gasteiger partial charge on any atom is 0.307 e. The molecule has 0 aromatic rings.